The number of rotatable bonds is 11. The van der Waals surface area contributed by atoms with Gasteiger partial charge in [0.05, 0.1) is 29.6 Å². The number of sulfonamides is 2. The van der Waals surface area contributed by atoms with Crippen molar-refractivity contribution in [3.63, 3.8) is 0 Å². The van der Waals surface area contributed by atoms with E-state index in [1.807, 2.05) is 13.0 Å². The van der Waals surface area contributed by atoms with Gasteiger partial charge in [0.1, 0.15) is 5.75 Å². The lowest BCUT2D eigenvalue weighted by atomic mass is 10.2. The number of carbonyl (C=O) groups excluding carboxylic acids is 1. The molecule has 1 aliphatic rings. The summed E-state index contributed by atoms with van der Waals surface area (Å²) in [6, 6.07) is 15.7. The van der Waals surface area contributed by atoms with Crippen LogP contribution in [-0.4, -0.2) is 49.4 Å². The third-order valence-corrected chi connectivity index (χ3v) is 8.43. The molecule has 3 aromatic carbocycles. The largest absolute Gasteiger partial charge is 0.495 e. The number of anilines is 3. The standard InChI is InChI=1S/C26H29N3O8S2/c1-18-6-12-23(35-2)22(15-18)28-39(33,34)21-10-7-19(8-11-21)27-26(30)5-4-14-29(38(3,31)32)20-9-13-24-25(16-20)37-17-36-24/h6-13,15-16,28H,4-5,14,17H2,1-3H3,(H,27,30). The van der Waals surface area contributed by atoms with Gasteiger partial charge in [-0.25, -0.2) is 16.8 Å². The van der Waals surface area contributed by atoms with Crippen LogP contribution >= 0.6 is 0 Å². The molecule has 208 valence electrons. The predicted octanol–water partition coefficient (Wildman–Crippen LogP) is 3.72. The van der Waals surface area contributed by atoms with E-state index in [9.17, 15) is 21.6 Å². The highest BCUT2D eigenvalue weighted by atomic mass is 32.2. The van der Waals surface area contributed by atoms with Crippen molar-refractivity contribution in [2.45, 2.75) is 24.7 Å². The number of hydrogen-bond acceptors (Lipinski definition) is 8. The average Bonchev–Trinajstić information content (AvgIpc) is 3.34. The quantitative estimate of drug-likeness (QED) is 0.353. The molecule has 0 atom stereocenters. The summed E-state index contributed by atoms with van der Waals surface area (Å²) >= 11 is 0. The van der Waals surface area contributed by atoms with Crippen molar-refractivity contribution >= 4 is 43.0 Å². The van der Waals surface area contributed by atoms with Crippen molar-refractivity contribution in [3.8, 4) is 17.2 Å². The fraction of sp³-hybridized carbons (Fsp3) is 0.269. The first-order chi connectivity index (χ1) is 18.5. The van der Waals surface area contributed by atoms with E-state index in [0.29, 0.717) is 34.3 Å². The van der Waals surface area contributed by atoms with Gasteiger partial charge >= 0.3 is 0 Å². The summed E-state index contributed by atoms with van der Waals surface area (Å²) in [6.07, 6.45) is 1.39. The maximum absolute atomic E-state index is 12.9. The summed E-state index contributed by atoms with van der Waals surface area (Å²) in [4.78, 5) is 12.5. The summed E-state index contributed by atoms with van der Waals surface area (Å²) in [7, 11) is -6.05. The number of benzene rings is 3. The van der Waals surface area contributed by atoms with Gasteiger partial charge in [-0.2, -0.15) is 0 Å². The highest BCUT2D eigenvalue weighted by Crippen LogP contribution is 2.36. The monoisotopic (exact) mass is 575 g/mol. The van der Waals surface area contributed by atoms with E-state index in [0.717, 1.165) is 11.8 Å². The fourth-order valence-corrected chi connectivity index (χ4v) is 5.97. The molecule has 0 bridgehead atoms. The van der Waals surface area contributed by atoms with E-state index in [1.54, 1.807) is 30.3 Å². The molecule has 0 spiro atoms. The van der Waals surface area contributed by atoms with Crippen LogP contribution in [0.3, 0.4) is 0 Å². The minimum atomic E-state index is -3.90. The molecular formula is C26H29N3O8S2. The predicted molar refractivity (Wildman–Crippen MR) is 148 cm³/mol. The SMILES string of the molecule is COc1ccc(C)cc1NS(=O)(=O)c1ccc(NC(=O)CCCN(c2ccc3c(c2)OCO3)S(C)(=O)=O)cc1. The number of nitrogens with zero attached hydrogens (tertiary/aromatic N) is 1. The van der Waals surface area contributed by atoms with E-state index < -0.39 is 20.0 Å². The second-order valence-corrected chi connectivity index (χ2v) is 12.4. The van der Waals surface area contributed by atoms with Gasteiger partial charge in [0.15, 0.2) is 11.5 Å². The van der Waals surface area contributed by atoms with Crippen LogP contribution in [0.1, 0.15) is 18.4 Å². The second kappa shape index (κ2) is 11.4. The third kappa shape index (κ3) is 6.92. The Labute approximate surface area is 227 Å². The highest BCUT2D eigenvalue weighted by molar-refractivity contribution is 7.92. The van der Waals surface area contributed by atoms with Gasteiger partial charge in [-0.15, -0.1) is 0 Å². The molecule has 3 aromatic rings. The lowest BCUT2D eigenvalue weighted by Gasteiger charge is -2.22. The van der Waals surface area contributed by atoms with E-state index in [-0.39, 0.29) is 37.0 Å². The first-order valence-electron chi connectivity index (χ1n) is 11.9. The summed E-state index contributed by atoms with van der Waals surface area (Å²) in [6.45, 7) is 1.99. The maximum atomic E-state index is 12.9. The van der Waals surface area contributed by atoms with Crippen LogP contribution in [0.4, 0.5) is 17.1 Å². The molecule has 0 aromatic heterocycles. The Morgan fingerprint density at radius 2 is 1.69 bits per heavy atom. The molecule has 11 nitrogen and oxygen atoms in total. The van der Waals surface area contributed by atoms with Gasteiger partial charge in [0.2, 0.25) is 22.7 Å². The number of carbonyl (C=O) groups is 1. The van der Waals surface area contributed by atoms with Gasteiger partial charge in [-0.3, -0.25) is 13.8 Å². The number of hydrogen-bond donors (Lipinski definition) is 2. The molecule has 0 fully saturated rings. The molecule has 0 radical (unpaired) electrons. The zero-order valence-electron chi connectivity index (χ0n) is 21.6. The Morgan fingerprint density at radius 1 is 0.974 bits per heavy atom. The van der Waals surface area contributed by atoms with Crippen molar-refractivity contribution in [1.82, 2.24) is 0 Å². The molecule has 1 heterocycles. The number of ether oxygens (including phenoxy) is 3. The van der Waals surface area contributed by atoms with E-state index >= 15 is 0 Å². The Kier molecular flexibility index (Phi) is 8.21. The van der Waals surface area contributed by atoms with Crippen molar-refractivity contribution < 1.29 is 35.8 Å². The molecule has 0 unspecified atom stereocenters. The zero-order chi connectivity index (χ0) is 28.2. The van der Waals surface area contributed by atoms with Crippen LogP contribution in [0.2, 0.25) is 0 Å². The highest BCUT2D eigenvalue weighted by Gasteiger charge is 2.22. The van der Waals surface area contributed by atoms with Crippen LogP contribution < -0.4 is 28.6 Å². The summed E-state index contributed by atoms with van der Waals surface area (Å²) in [5.74, 6) is 1.04. The average molecular weight is 576 g/mol. The van der Waals surface area contributed by atoms with Gasteiger partial charge in [-0.05, 0) is 67.4 Å². The molecule has 13 heteroatoms. The van der Waals surface area contributed by atoms with E-state index in [2.05, 4.69) is 10.0 Å². The zero-order valence-corrected chi connectivity index (χ0v) is 23.3. The van der Waals surface area contributed by atoms with Crippen molar-refractivity contribution in [2.24, 2.45) is 0 Å². The van der Waals surface area contributed by atoms with Crippen LogP contribution in [-0.2, 0) is 24.8 Å². The van der Waals surface area contributed by atoms with Crippen molar-refractivity contribution in [3.05, 3.63) is 66.2 Å². The molecule has 0 aliphatic carbocycles. The number of nitrogens with one attached hydrogen (secondary N) is 2. The summed E-state index contributed by atoms with van der Waals surface area (Å²) < 4.78 is 70.0. The van der Waals surface area contributed by atoms with E-state index in [1.165, 1.54) is 35.7 Å². The maximum Gasteiger partial charge on any atom is 0.262 e. The first-order valence-corrected chi connectivity index (χ1v) is 15.2. The molecule has 39 heavy (non-hydrogen) atoms. The molecule has 2 N–H and O–H groups in total. The summed E-state index contributed by atoms with van der Waals surface area (Å²) in [5.41, 5.74) is 2.00. The van der Waals surface area contributed by atoms with E-state index in [4.69, 9.17) is 14.2 Å². The first kappa shape index (κ1) is 28.0. The van der Waals surface area contributed by atoms with Gasteiger partial charge in [0, 0.05) is 24.7 Å². The Hall–Kier alpha value is -3.97. The van der Waals surface area contributed by atoms with Crippen LogP contribution in [0.15, 0.2) is 65.6 Å². The lowest BCUT2D eigenvalue weighted by molar-refractivity contribution is -0.116. The molecule has 1 aliphatic heterocycles. The second-order valence-electron chi connectivity index (χ2n) is 8.86. The fourth-order valence-electron chi connectivity index (χ4n) is 3.96. The minimum Gasteiger partial charge on any atom is -0.495 e. The van der Waals surface area contributed by atoms with Crippen molar-refractivity contribution in [1.29, 1.82) is 0 Å². The molecule has 4 rings (SSSR count). The number of aryl methyl sites for hydroxylation is 1. The summed E-state index contributed by atoms with van der Waals surface area (Å²) in [5, 5.41) is 2.70. The lowest BCUT2D eigenvalue weighted by Crippen LogP contribution is -2.31. The number of fused-ring (bicyclic) bond motifs is 1. The molecule has 1 amide bonds. The third-order valence-electron chi connectivity index (χ3n) is 5.86. The van der Waals surface area contributed by atoms with Gasteiger partial charge < -0.3 is 19.5 Å². The topological polar surface area (TPSA) is 140 Å². The van der Waals surface area contributed by atoms with Crippen LogP contribution in [0, 0.1) is 6.92 Å². The van der Waals surface area contributed by atoms with Gasteiger partial charge in [0.25, 0.3) is 10.0 Å². The minimum absolute atomic E-state index is 0.0107. The van der Waals surface area contributed by atoms with Crippen molar-refractivity contribution in [2.75, 3.05) is 41.0 Å². The van der Waals surface area contributed by atoms with Crippen LogP contribution in [0.5, 0.6) is 17.2 Å². The number of methoxy groups -OCH3 is 1. The molecular weight excluding hydrogens is 546 g/mol. The van der Waals surface area contributed by atoms with Gasteiger partial charge in [-0.1, -0.05) is 6.07 Å². The Bertz CT molecular complexity index is 1570. The Morgan fingerprint density at radius 3 is 2.38 bits per heavy atom. The molecule has 0 saturated heterocycles. The molecule has 0 saturated carbocycles. The van der Waals surface area contributed by atoms with Crippen LogP contribution in [0.25, 0.3) is 0 Å². The Balaban J connectivity index is 1.35. The number of amides is 1. The smallest absolute Gasteiger partial charge is 0.262 e. The normalized spacial score (nSPS) is 12.6.